The summed E-state index contributed by atoms with van der Waals surface area (Å²) in [5.41, 5.74) is 5.62. The fourth-order valence-corrected chi connectivity index (χ4v) is 1.78. The van der Waals surface area contributed by atoms with Crippen molar-refractivity contribution in [1.82, 2.24) is 0 Å². The van der Waals surface area contributed by atoms with Crippen LogP contribution in [0.1, 0.15) is 10.4 Å². The number of amides is 1. The van der Waals surface area contributed by atoms with Crippen LogP contribution >= 0.6 is 11.3 Å². The fourth-order valence-electron chi connectivity index (χ4n) is 1.19. The van der Waals surface area contributed by atoms with Gasteiger partial charge in [0, 0.05) is 0 Å². The molecular weight excluding hydrogens is 210 g/mol. The predicted octanol–water partition coefficient (Wildman–Crippen LogP) is 2.64. The summed E-state index contributed by atoms with van der Waals surface area (Å²) in [5.74, 6) is 0.00889. The monoisotopic (exact) mass is 219 g/mol. The molecule has 3 nitrogen and oxygen atoms in total. The van der Waals surface area contributed by atoms with E-state index in [2.05, 4.69) is 0 Å². The Bertz CT molecular complexity index is 465. The number of hydrogen-bond donors (Lipinski definition) is 1. The number of benzene rings is 1. The Balaban J connectivity index is 2.32. The highest BCUT2D eigenvalue weighted by Gasteiger charge is 2.09. The Kier molecular flexibility index (Phi) is 2.69. The van der Waals surface area contributed by atoms with E-state index in [1.165, 1.54) is 11.3 Å². The molecule has 1 amide bonds. The topological polar surface area (TPSA) is 52.3 Å². The largest absolute Gasteiger partial charge is 0.446 e. The van der Waals surface area contributed by atoms with Gasteiger partial charge in [-0.15, -0.1) is 11.3 Å². The molecule has 0 aliphatic rings. The molecule has 15 heavy (non-hydrogen) atoms. The molecule has 4 heteroatoms. The molecule has 2 aromatic rings. The first kappa shape index (κ1) is 9.73. The Labute approximate surface area is 91.1 Å². The number of carbonyl (C=O) groups is 1. The molecule has 2 N–H and O–H groups in total. The highest BCUT2D eigenvalue weighted by Crippen LogP contribution is 2.28. The number of thiophene rings is 1. The molecule has 1 heterocycles. The molecule has 1 aromatic heterocycles. The van der Waals surface area contributed by atoms with Crippen LogP contribution in [0.2, 0.25) is 0 Å². The summed E-state index contributed by atoms with van der Waals surface area (Å²) in [7, 11) is 0. The van der Waals surface area contributed by atoms with Crippen LogP contribution in [0.25, 0.3) is 0 Å². The SMILES string of the molecule is NC(=O)c1ccccc1Oc1cccs1. The summed E-state index contributed by atoms with van der Waals surface area (Å²) in [4.78, 5) is 11.1. The number of para-hydroxylation sites is 1. The first-order chi connectivity index (χ1) is 7.27. The molecule has 0 radical (unpaired) electrons. The lowest BCUT2D eigenvalue weighted by Crippen LogP contribution is -2.11. The molecule has 0 saturated heterocycles. The number of nitrogens with two attached hydrogens (primary N) is 1. The molecule has 1 aromatic carbocycles. The lowest BCUT2D eigenvalue weighted by molar-refractivity contribution is 0.0998. The van der Waals surface area contributed by atoms with Gasteiger partial charge in [0.15, 0.2) is 5.06 Å². The minimum Gasteiger partial charge on any atom is -0.446 e. The second-order valence-corrected chi connectivity index (χ2v) is 3.80. The van der Waals surface area contributed by atoms with Crippen molar-refractivity contribution in [3.63, 3.8) is 0 Å². The lowest BCUT2D eigenvalue weighted by Gasteiger charge is -2.06. The molecule has 0 aliphatic carbocycles. The van der Waals surface area contributed by atoms with Crippen LogP contribution in [0.5, 0.6) is 10.8 Å². The minimum absolute atomic E-state index is 0.394. The number of primary amides is 1. The van der Waals surface area contributed by atoms with Crippen molar-refractivity contribution in [1.29, 1.82) is 0 Å². The normalized spacial score (nSPS) is 9.87. The Morgan fingerprint density at radius 2 is 2.00 bits per heavy atom. The van der Waals surface area contributed by atoms with Gasteiger partial charge >= 0.3 is 0 Å². The first-order valence-electron chi connectivity index (χ1n) is 4.37. The molecule has 2 rings (SSSR count). The zero-order chi connectivity index (χ0) is 10.7. The lowest BCUT2D eigenvalue weighted by atomic mass is 10.2. The van der Waals surface area contributed by atoms with Crippen LogP contribution in [0.4, 0.5) is 0 Å². The summed E-state index contributed by atoms with van der Waals surface area (Å²) in [6.45, 7) is 0. The summed E-state index contributed by atoms with van der Waals surface area (Å²) in [6.07, 6.45) is 0. The smallest absolute Gasteiger partial charge is 0.252 e. The summed E-state index contributed by atoms with van der Waals surface area (Å²) in [6, 6.07) is 10.6. The molecule has 0 aliphatic heterocycles. The van der Waals surface area contributed by atoms with E-state index in [1.807, 2.05) is 17.5 Å². The third-order valence-corrected chi connectivity index (χ3v) is 2.60. The minimum atomic E-state index is -0.484. The van der Waals surface area contributed by atoms with Crippen LogP contribution in [0.15, 0.2) is 41.8 Å². The van der Waals surface area contributed by atoms with Gasteiger partial charge in [-0.05, 0) is 29.6 Å². The van der Waals surface area contributed by atoms with Gasteiger partial charge in [0.1, 0.15) is 5.75 Å². The second-order valence-electron chi connectivity index (χ2n) is 2.89. The van der Waals surface area contributed by atoms with Crippen LogP contribution in [-0.2, 0) is 0 Å². The Hall–Kier alpha value is -1.81. The van der Waals surface area contributed by atoms with Gasteiger partial charge in [0.2, 0.25) is 0 Å². The standard InChI is InChI=1S/C11H9NO2S/c12-11(13)8-4-1-2-5-9(8)14-10-6-3-7-15-10/h1-7H,(H2,12,13). The molecule has 0 unspecified atom stereocenters. The molecule has 0 saturated carbocycles. The van der Waals surface area contributed by atoms with E-state index in [9.17, 15) is 4.79 Å². The zero-order valence-corrected chi connectivity index (χ0v) is 8.66. The average molecular weight is 219 g/mol. The van der Waals surface area contributed by atoms with E-state index in [-0.39, 0.29) is 0 Å². The first-order valence-corrected chi connectivity index (χ1v) is 5.25. The van der Waals surface area contributed by atoms with Crippen LogP contribution in [0.3, 0.4) is 0 Å². The third-order valence-electron chi connectivity index (χ3n) is 1.86. The van der Waals surface area contributed by atoms with Gasteiger partial charge in [0.05, 0.1) is 5.56 Å². The van der Waals surface area contributed by atoms with Gasteiger partial charge in [-0.25, -0.2) is 0 Å². The van der Waals surface area contributed by atoms with Crippen molar-refractivity contribution in [3.8, 4) is 10.8 Å². The second kappa shape index (κ2) is 4.14. The maximum Gasteiger partial charge on any atom is 0.252 e. The van der Waals surface area contributed by atoms with Crippen LogP contribution < -0.4 is 10.5 Å². The molecule has 0 spiro atoms. The number of carbonyl (C=O) groups excluding carboxylic acids is 1. The van der Waals surface area contributed by atoms with Crippen molar-refractivity contribution in [2.75, 3.05) is 0 Å². The molecule has 0 fully saturated rings. The van der Waals surface area contributed by atoms with E-state index >= 15 is 0 Å². The Morgan fingerprint density at radius 1 is 1.20 bits per heavy atom. The maximum atomic E-state index is 11.1. The molecular formula is C11H9NO2S. The summed E-state index contributed by atoms with van der Waals surface area (Å²) in [5, 5.41) is 2.64. The van der Waals surface area contributed by atoms with E-state index in [1.54, 1.807) is 24.3 Å². The molecule has 0 atom stereocenters. The van der Waals surface area contributed by atoms with Gasteiger partial charge in [-0.1, -0.05) is 12.1 Å². The summed E-state index contributed by atoms with van der Waals surface area (Å²) < 4.78 is 5.53. The highest BCUT2D eigenvalue weighted by molar-refractivity contribution is 7.11. The zero-order valence-electron chi connectivity index (χ0n) is 7.84. The van der Waals surface area contributed by atoms with Crippen molar-refractivity contribution in [3.05, 3.63) is 47.3 Å². The van der Waals surface area contributed by atoms with Gasteiger partial charge in [0.25, 0.3) is 5.91 Å². The number of ether oxygens (including phenoxy) is 1. The third kappa shape index (κ3) is 2.16. The van der Waals surface area contributed by atoms with E-state index in [0.717, 1.165) is 5.06 Å². The highest BCUT2D eigenvalue weighted by atomic mass is 32.1. The van der Waals surface area contributed by atoms with Gasteiger partial charge in [-0.2, -0.15) is 0 Å². The average Bonchev–Trinajstić information content (AvgIpc) is 2.71. The van der Waals surface area contributed by atoms with Crippen molar-refractivity contribution in [2.24, 2.45) is 5.73 Å². The van der Waals surface area contributed by atoms with Crippen molar-refractivity contribution >= 4 is 17.2 Å². The quantitative estimate of drug-likeness (QED) is 0.862. The predicted molar refractivity (Wildman–Crippen MR) is 59.4 cm³/mol. The van der Waals surface area contributed by atoms with Crippen LogP contribution in [-0.4, -0.2) is 5.91 Å². The molecule has 76 valence electrons. The maximum absolute atomic E-state index is 11.1. The van der Waals surface area contributed by atoms with E-state index in [4.69, 9.17) is 10.5 Å². The van der Waals surface area contributed by atoms with Crippen molar-refractivity contribution < 1.29 is 9.53 Å². The number of rotatable bonds is 3. The Morgan fingerprint density at radius 3 is 2.67 bits per heavy atom. The van der Waals surface area contributed by atoms with Gasteiger partial charge < -0.3 is 10.5 Å². The molecule has 0 bridgehead atoms. The summed E-state index contributed by atoms with van der Waals surface area (Å²) >= 11 is 1.46. The fraction of sp³-hybridized carbons (Fsp3) is 0. The number of hydrogen-bond acceptors (Lipinski definition) is 3. The van der Waals surface area contributed by atoms with E-state index < -0.39 is 5.91 Å². The van der Waals surface area contributed by atoms with Gasteiger partial charge in [-0.3, -0.25) is 4.79 Å². The van der Waals surface area contributed by atoms with Crippen molar-refractivity contribution in [2.45, 2.75) is 0 Å². The van der Waals surface area contributed by atoms with Crippen LogP contribution in [0, 0.1) is 0 Å². The van der Waals surface area contributed by atoms with E-state index in [0.29, 0.717) is 11.3 Å².